The van der Waals surface area contributed by atoms with E-state index in [4.69, 9.17) is 4.74 Å². The van der Waals surface area contributed by atoms with Crippen LogP contribution in [0.25, 0.3) is 0 Å². The van der Waals surface area contributed by atoms with Crippen molar-refractivity contribution in [3.05, 3.63) is 0 Å². The molecule has 0 amide bonds. The van der Waals surface area contributed by atoms with Gasteiger partial charge in [0.1, 0.15) is 11.9 Å². The Labute approximate surface area is 134 Å². The number of hydrogen-bond donors (Lipinski definition) is 0. The molecule has 124 valence electrons. The minimum atomic E-state index is -0.0246. The van der Waals surface area contributed by atoms with Crippen LogP contribution in [-0.4, -0.2) is 17.9 Å². The zero-order chi connectivity index (χ0) is 15.9. The molecule has 6 atom stereocenters. The Morgan fingerprint density at radius 3 is 2.77 bits per heavy atom. The van der Waals surface area contributed by atoms with Gasteiger partial charge in [-0.2, -0.15) is 0 Å². The maximum Gasteiger partial charge on any atom is 0.309 e. The summed E-state index contributed by atoms with van der Waals surface area (Å²) in [7, 11) is 0. The molecule has 3 fully saturated rings. The zero-order valence-electron chi connectivity index (χ0n) is 14.3. The molecule has 3 rings (SSSR count). The summed E-state index contributed by atoms with van der Waals surface area (Å²) in [6.07, 6.45) is 8.51. The molecule has 1 saturated heterocycles. The second kappa shape index (κ2) is 5.98. The van der Waals surface area contributed by atoms with Gasteiger partial charge in [0.05, 0.1) is 5.92 Å². The number of cyclic esters (lactones) is 1. The number of ketones is 1. The molecule has 1 aliphatic heterocycles. The average molecular weight is 306 g/mol. The lowest BCUT2D eigenvalue weighted by Gasteiger charge is -2.42. The van der Waals surface area contributed by atoms with Crippen LogP contribution in [0.15, 0.2) is 0 Å². The van der Waals surface area contributed by atoms with Crippen molar-refractivity contribution in [2.24, 2.45) is 29.1 Å². The topological polar surface area (TPSA) is 43.4 Å². The van der Waals surface area contributed by atoms with Gasteiger partial charge in [-0.05, 0) is 62.2 Å². The molecule has 2 saturated carbocycles. The number of rotatable bonds is 4. The first-order valence-electron chi connectivity index (χ1n) is 9.15. The van der Waals surface area contributed by atoms with Crippen LogP contribution in [-0.2, 0) is 14.3 Å². The van der Waals surface area contributed by atoms with Crippen LogP contribution in [0.4, 0.5) is 0 Å². The Balaban J connectivity index is 1.57. The standard InChI is InChI=1S/C19H30O3/c1-12(6-7-14-11-13(2)18(21)22-14)15-8-9-16-17(20)5-4-10-19(15,16)3/h12-16H,4-11H2,1-3H3/t12?,13?,14-,15?,16?,19?/m1/s1. The Bertz CT molecular complexity index is 458. The van der Waals surface area contributed by atoms with Crippen molar-refractivity contribution in [2.45, 2.75) is 78.2 Å². The van der Waals surface area contributed by atoms with Crippen molar-refractivity contribution in [1.29, 1.82) is 0 Å². The number of carbonyl (C=O) groups is 2. The first-order chi connectivity index (χ1) is 10.4. The molecule has 0 aromatic rings. The number of fused-ring (bicyclic) bond motifs is 1. The molecule has 0 spiro atoms. The summed E-state index contributed by atoms with van der Waals surface area (Å²) in [4.78, 5) is 23.7. The van der Waals surface area contributed by atoms with E-state index >= 15 is 0 Å². The molecule has 0 radical (unpaired) electrons. The molecule has 0 aromatic carbocycles. The first kappa shape index (κ1) is 16.0. The first-order valence-corrected chi connectivity index (χ1v) is 9.15. The zero-order valence-corrected chi connectivity index (χ0v) is 14.3. The maximum absolute atomic E-state index is 12.2. The van der Waals surface area contributed by atoms with Crippen molar-refractivity contribution < 1.29 is 14.3 Å². The van der Waals surface area contributed by atoms with Crippen LogP contribution in [0.5, 0.6) is 0 Å². The fourth-order valence-corrected chi connectivity index (χ4v) is 5.55. The molecule has 3 aliphatic rings. The van der Waals surface area contributed by atoms with Crippen molar-refractivity contribution in [1.82, 2.24) is 0 Å². The normalized spacial score (nSPS) is 43.0. The molecular formula is C19H30O3. The van der Waals surface area contributed by atoms with Gasteiger partial charge in [0.25, 0.3) is 0 Å². The van der Waals surface area contributed by atoms with Crippen LogP contribution in [0.1, 0.15) is 72.1 Å². The third-order valence-corrected chi connectivity index (χ3v) is 6.87. The number of ether oxygens (including phenoxy) is 1. The van der Waals surface area contributed by atoms with Crippen molar-refractivity contribution in [2.75, 3.05) is 0 Å². The SMILES string of the molecule is CC1C[C@@H](CCC(C)C2CCC3C(=O)CCCC32C)OC1=O. The van der Waals surface area contributed by atoms with Crippen LogP contribution in [0.3, 0.4) is 0 Å². The van der Waals surface area contributed by atoms with Crippen LogP contribution in [0.2, 0.25) is 0 Å². The number of esters is 1. The van der Waals surface area contributed by atoms with Gasteiger partial charge in [0.2, 0.25) is 0 Å². The summed E-state index contributed by atoms with van der Waals surface area (Å²) >= 11 is 0. The molecule has 3 heteroatoms. The molecular weight excluding hydrogens is 276 g/mol. The molecule has 1 heterocycles. The monoisotopic (exact) mass is 306 g/mol. The Kier molecular flexibility index (Phi) is 4.35. The van der Waals surface area contributed by atoms with Crippen LogP contribution < -0.4 is 0 Å². The number of carbonyl (C=O) groups excluding carboxylic acids is 2. The molecule has 0 N–H and O–H groups in total. The highest BCUT2D eigenvalue weighted by molar-refractivity contribution is 5.83. The van der Waals surface area contributed by atoms with Gasteiger partial charge in [-0.3, -0.25) is 9.59 Å². The predicted octanol–water partition coefficient (Wildman–Crippen LogP) is 4.14. The lowest BCUT2D eigenvalue weighted by atomic mass is 9.62. The van der Waals surface area contributed by atoms with Gasteiger partial charge in [-0.1, -0.05) is 20.8 Å². The maximum atomic E-state index is 12.2. The fourth-order valence-electron chi connectivity index (χ4n) is 5.55. The largest absolute Gasteiger partial charge is 0.462 e. The quantitative estimate of drug-likeness (QED) is 0.733. The molecule has 2 aliphatic carbocycles. The van der Waals surface area contributed by atoms with Crippen molar-refractivity contribution >= 4 is 11.8 Å². The summed E-state index contributed by atoms with van der Waals surface area (Å²) < 4.78 is 5.44. The molecule has 3 nitrogen and oxygen atoms in total. The third-order valence-electron chi connectivity index (χ3n) is 6.87. The average Bonchev–Trinajstić information content (AvgIpc) is 2.97. The van der Waals surface area contributed by atoms with E-state index in [0.717, 1.165) is 38.5 Å². The highest BCUT2D eigenvalue weighted by Gasteiger charge is 2.52. The second-order valence-electron chi connectivity index (χ2n) is 8.31. The molecule has 0 aromatic heterocycles. The summed E-state index contributed by atoms with van der Waals surface area (Å²) in [5, 5.41) is 0. The summed E-state index contributed by atoms with van der Waals surface area (Å²) in [6, 6.07) is 0. The third kappa shape index (κ3) is 2.72. The minimum absolute atomic E-state index is 0.0246. The van der Waals surface area contributed by atoms with E-state index in [0.29, 0.717) is 23.5 Å². The van der Waals surface area contributed by atoms with Crippen LogP contribution >= 0.6 is 0 Å². The second-order valence-corrected chi connectivity index (χ2v) is 8.31. The van der Waals surface area contributed by atoms with Gasteiger partial charge in [-0.15, -0.1) is 0 Å². The fraction of sp³-hybridized carbons (Fsp3) is 0.895. The van der Waals surface area contributed by atoms with E-state index in [9.17, 15) is 9.59 Å². The van der Waals surface area contributed by atoms with Gasteiger partial charge < -0.3 is 4.74 Å². The van der Waals surface area contributed by atoms with E-state index in [2.05, 4.69) is 13.8 Å². The van der Waals surface area contributed by atoms with Crippen molar-refractivity contribution in [3.63, 3.8) is 0 Å². The Hall–Kier alpha value is -0.860. The van der Waals surface area contributed by atoms with Gasteiger partial charge in [-0.25, -0.2) is 0 Å². The number of Topliss-reactive ketones (excluding diaryl/α,β-unsaturated/α-hetero) is 1. The van der Waals surface area contributed by atoms with Crippen molar-refractivity contribution in [3.8, 4) is 0 Å². The minimum Gasteiger partial charge on any atom is -0.462 e. The summed E-state index contributed by atoms with van der Waals surface area (Å²) in [5.74, 6) is 2.17. The van der Waals surface area contributed by atoms with Gasteiger partial charge >= 0.3 is 5.97 Å². The smallest absolute Gasteiger partial charge is 0.309 e. The Morgan fingerprint density at radius 2 is 2.09 bits per heavy atom. The van der Waals surface area contributed by atoms with Gasteiger partial charge in [0.15, 0.2) is 0 Å². The van der Waals surface area contributed by atoms with Crippen LogP contribution in [0, 0.1) is 29.1 Å². The van der Waals surface area contributed by atoms with E-state index in [1.54, 1.807) is 0 Å². The number of hydrogen-bond acceptors (Lipinski definition) is 3. The predicted molar refractivity (Wildman–Crippen MR) is 85.2 cm³/mol. The van der Waals surface area contributed by atoms with E-state index in [1.165, 1.54) is 12.8 Å². The lowest BCUT2D eigenvalue weighted by molar-refractivity contribution is -0.144. The lowest BCUT2D eigenvalue weighted by Crippen LogP contribution is -2.39. The van der Waals surface area contributed by atoms with E-state index in [1.807, 2.05) is 6.92 Å². The highest BCUT2D eigenvalue weighted by atomic mass is 16.5. The van der Waals surface area contributed by atoms with E-state index in [-0.39, 0.29) is 23.4 Å². The summed E-state index contributed by atoms with van der Waals surface area (Å²) in [6.45, 7) is 6.67. The molecule has 5 unspecified atom stereocenters. The van der Waals surface area contributed by atoms with Gasteiger partial charge in [0, 0.05) is 12.3 Å². The molecule has 22 heavy (non-hydrogen) atoms. The van der Waals surface area contributed by atoms with E-state index < -0.39 is 0 Å². The Morgan fingerprint density at radius 1 is 1.32 bits per heavy atom. The molecule has 0 bridgehead atoms. The highest BCUT2D eigenvalue weighted by Crippen LogP contribution is 2.57. The summed E-state index contributed by atoms with van der Waals surface area (Å²) in [5.41, 5.74) is 0.231.